The third-order valence-corrected chi connectivity index (χ3v) is 20.2. The van der Waals surface area contributed by atoms with Crippen molar-refractivity contribution in [1.82, 2.24) is 0 Å². The van der Waals surface area contributed by atoms with Gasteiger partial charge in [-0.3, -0.25) is 0 Å². The van der Waals surface area contributed by atoms with Crippen molar-refractivity contribution in [2.75, 3.05) is 14.6 Å². The van der Waals surface area contributed by atoms with Crippen molar-refractivity contribution in [3.8, 4) is 22.3 Å². The molecule has 9 aromatic carbocycles. The predicted octanol–water partition coefficient (Wildman–Crippen LogP) is 21.8. The average Bonchev–Trinajstić information content (AvgIpc) is 1.67. The molecule has 4 heterocycles. The molecule has 0 saturated heterocycles. The quantitative estimate of drug-likeness (QED) is 0.160. The lowest BCUT2D eigenvalue weighted by Gasteiger charge is -2.45. The Labute approximate surface area is 509 Å². The van der Waals surface area contributed by atoms with E-state index in [1.807, 2.05) is 11.3 Å². The number of anilines is 8. The summed E-state index contributed by atoms with van der Waals surface area (Å²) in [5.41, 5.74) is 26.3. The van der Waals surface area contributed by atoms with Crippen LogP contribution in [-0.2, 0) is 32.5 Å². The Hall–Kier alpha value is -7.80. The van der Waals surface area contributed by atoms with Gasteiger partial charge >= 0.3 is 6.85 Å². The standard InChI is InChI=1S/C79H80BN3OS/c1-74(2,3)47-22-31-52(32-23-47)81(53-33-24-48(25-34-53)75(4,5)6)56-39-40-63-58(43-56)59-44-61-65(46-64(59)79(63,16)17)83(55-37-28-50(29-38-55)77(10,11)12)80-70-66(45-60-57-20-18-19-21-67(57)84-72(60)69(61)70)82(54-35-26-49(27-36-54)76(7,8)9)71-62-42-51(78(13,14)15)30-41-68(62)85-73(71)80/h18-46H,1-17H3. The zero-order valence-electron chi connectivity index (χ0n) is 53.0. The summed E-state index contributed by atoms with van der Waals surface area (Å²) in [6, 6.07) is 68.3. The largest absolute Gasteiger partial charge is 0.455 e. The first-order valence-electron chi connectivity index (χ1n) is 30.8. The Morgan fingerprint density at radius 2 is 0.941 bits per heavy atom. The molecule has 0 saturated carbocycles. The van der Waals surface area contributed by atoms with Crippen LogP contribution in [0.25, 0.3) is 54.3 Å². The van der Waals surface area contributed by atoms with Crippen LogP contribution in [0.5, 0.6) is 0 Å². The van der Waals surface area contributed by atoms with E-state index in [1.165, 1.54) is 104 Å². The lowest BCUT2D eigenvalue weighted by atomic mass is 9.46. The maximum absolute atomic E-state index is 7.36. The lowest BCUT2D eigenvalue weighted by Crippen LogP contribution is -2.60. The molecule has 2 aromatic heterocycles. The maximum Gasteiger partial charge on any atom is 0.343 e. The monoisotopic (exact) mass is 1130 g/mol. The third-order valence-electron chi connectivity index (χ3n) is 19.0. The van der Waals surface area contributed by atoms with Crippen LogP contribution in [0.3, 0.4) is 0 Å². The first kappa shape index (κ1) is 55.1. The predicted molar refractivity (Wildman–Crippen MR) is 369 cm³/mol. The van der Waals surface area contributed by atoms with Gasteiger partial charge in [0.1, 0.15) is 11.2 Å². The van der Waals surface area contributed by atoms with Gasteiger partial charge in [0.25, 0.3) is 0 Å². The second kappa shape index (κ2) is 18.6. The lowest BCUT2D eigenvalue weighted by molar-refractivity contribution is 0.590. The number of thiophene rings is 1. The summed E-state index contributed by atoms with van der Waals surface area (Å²) in [5, 5.41) is 3.54. The van der Waals surface area contributed by atoms with Crippen molar-refractivity contribution < 1.29 is 4.42 Å². The highest BCUT2D eigenvalue weighted by molar-refractivity contribution is 7.32. The number of benzene rings is 9. The number of nitrogens with zero attached hydrogens (tertiary/aromatic N) is 3. The van der Waals surface area contributed by atoms with Crippen molar-refractivity contribution in [3.63, 3.8) is 0 Å². The van der Waals surface area contributed by atoms with Crippen LogP contribution >= 0.6 is 11.3 Å². The van der Waals surface area contributed by atoms with E-state index in [-0.39, 0.29) is 39.3 Å². The van der Waals surface area contributed by atoms with Crippen LogP contribution in [0.2, 0.25) is 0 Å². The van der Waals surface area contributed by atoms with E-state index in [0.29, 0.717) is 0 Å². The summed E-state index contributed by atoms with van der Waals surface area (Å²) in [6.07, 6.45) is 0. The van der Waals surface area contributed by atoms with E-state index in [2.05, 4.69) is 308 Å². The normalized spacial score (nSPS) is 14.7. The smallest absolute Gasteiger partial charge is 0.343 e. The van der Waals surface area contributed by atoms with Crippen molar-refractivity contribution >= 4 is 106 Å². The fourth-order valence-electron chi connectivity index (χ4n) is 14.0. The van der Waals surface area contributed by atoms with Crippen molar-refractivity contribution in [3.05, 3.63) is 215 Å². The van der Waals surface area contributed by atoms with Crippen LogP contribution in [0.4, 0.5) is 45.5 Å². The zero-order valence-corrected chi connectivity index (χ0v) is 53.8. The molecule has 85 heavy (non-hydrogen) atoms. The molecular weight excluding hydrogens is 1050 g/mol. The minimum absolute atomic E-state index is 0.00417. The highest BCUT2D eigenvalue weighted by atomic mass is 32.1. The van der Waals surface area contributed by atoms with E-state index in [4.69, 9.17) is 4.42 Å². The first-order chi connectivity index (χ1) is 40.1. The molecule has 0 radical (unpaired) electrons. The molecule has 0 bridgehead atoms. The summed E-state index contributed by atoms with van der Waals surface area (Å²) >= 11 is 1.96. The SMILES string of the molecule is CC(C)(C)c1ccc(N2B3c4sc5ccc(C(C)(C)C)cc5c4N(c4ccc(C(C)(C)C)cc4)c4cc5c(oc6ccccc65)c(c43)-c3cc4c(cc32)C(C)(C)c2ccc(N(c3ccc(C(C)(C)C)cc3)c3ccc(C(C)(C)C)cc3)cc2-4)cc1. The molecular formula is C79H80BN3OS. The number of para-hydroxylation sites is 1. The topological polar surface area (TPSA) is 22.9 Å². The van der Waals surface area contributed by atoms with Gasteiger partial charge in [0.15, 0.2) is 0 Å². The van der Waals surface area contributed by atoms with Crippen LogP contribution in [0, 0.1) is 0 Å². The van der Waals surface area contributed by atoms with Gasteiger partial charge in [0.2, 0.25) is 0 Å². The van der Waals surface area contributed by atoms with Gasteiger partial charge in [-0.05, 0) is 180 Å². The van der Waals surface area contributed by atoms with E-state index in [1.54, 1.807) is 0 Å². The summed E-state index contributed by atoms with van der Waals surface area (Å²) in [6.45, 7) is 39.3. The van der Waals surface area contributed by atoms with Crippen LogP contribution in [0.1, 0.15) is 157 Å². The molecule has 0 spiro atoms. The number of hydrogen-bond donors (Lipinski definition) is 0. The van der Waals surface area contributed by atoms with Gasteiger partial charge in [0.05, 0.1) is 5.69 Å². The first-order valence-corrected chi connectivity index (χ1v) is 31.6. The van der Waals surface area contributed by atoms with Gasteiger partial charge in [0, 0.05) is 82.0 Å². The van der Waals surface area contributed by atoms with E-state index >= 15 is 0 Å². The molecule has 0 atom stereocenters. The zero-order chi connectivity index (χ0) is 59.8. The number of rotatable bonds is 5. The van der Waals surface area contributed by atoms with Crippen molar-refractivity contribution in [1.29, 1.82) is 0 Å². The fourth-order valence-corrected chi connectivity index (χ4v) is 15.3. The highest BCUT2D eigenvalue weighted by Gasteiger charge is 2.50. The molecule has 0 N–H and O–H groups in total. The molecule has 0 fully saturated rings. The highest BCUT2D eigenvalue weighted by Crippen LogP contribution is 2.58. The Bertz CT molecular complexity index is 4450. The molecule has 0 unspecified atom stereocenters. The summed E-state index contributed by atoms with van der Waals surface area (Å²) in [4.78, 5) is 7.80. The second-order valence-corrected chi connectivity index (χ2v) is 31.4. The minimum Gasteiger partial charge on any atom is -0.455 e. The number of furan rings is 1. The molecule has 1 aliphatic carbocycles. The van der Waals surface area contributed by atoms with E-state index < -0.39 is 0 Å². The van der Waals surface area contributed by atoms with E-state index in [0.717, 1.165) is 44.7 Å². The third kappa shape index (κ3) is 8.73. The van der Waals surface area contributed by atoms with Crippen molar-refractivity contribution in [2.24, 2.45) is 0 Å². The molecule has 2 aliphatic heterocycles. The second-order valence-electron chi connectivity index (χ2n) is 30.3. The molecule has 0 amide bonds. The van der Waals surface area contributed by atoms with Gasteiger partial charge in [-0.25, -0.2) is 0 Å². The average molecular weight is 1130 g/mol. The summed E-state index contributed by atoms with van der Waals surface area (Å²) in [5.74, 6) is 0. The van der Waals surface area contributed by atoms with Crippen molar-refractivity contribution in [2.45, 2.75) is 150 Å². The maximum atomic E-state index is 7.36. The number of hydrogen-bond acceptors (Lipinski definition) is 5. The fraction of sp³-hybridized carbons (Fsp3) is 0.291. The Balaban J connectivity index is 1.07. The Morgan fingerprint density at radius 3 is 1.51 bits per heavy atom. The molecule has 426 valence electrons. The molecule has 6 heteroatoms. The minimum atomic E-state index is -0.320. The van der Waals surface area contributed by atoms with Crippen LogP contribution in [0.15, 0.2) is 180 Å². The molecule has 4 nitrogen and oxygen atoms in total. The van der Waals surface area contributed by atoms with Gasteiger partial charge in [-0.1, -0.05) is 197 Å². The van der Waals surface area contributed by atoms with Crippen LogP contribution < -0.4 is 24.9 Å². The van der Waals surface area contributed by atoms with E-state index in [9.17, 15) is 0 Å². The van der Waals surface area contributed by atoms with Gasteiger partial charge in [-0.2, -0.15) is 0 Å². The summed E-state index contributed by atoms with van der Waals surface area (Å²) in [7, 11) is 0. The molecule has 11 aromatic rings. The van der Waals surface area contributed by atoms with Gasteiger partial charge in [-0.15, -0.1) is 11.3 Å². The molecule has 14 rings (SSSR count). The molecule has 3 aliphatic rings. The Kier molecular flexibility index (Phi) is 12.1. The summed E-state index contributed by atoms with van der Waals surface area (Å²) < 4.78 is 9.98. The Morgan fingerprint density at radius 1 is 0.435 bits per heavy atom. The number of fused-ring (bicyclic) bond motifs is 13. The van der Waals surface area contributed by atoms with Crippen LogP contribution in [-0.4, -0.2) is 6.85 Å². The van der Waals surface area contributed by atoms with Gasteiger partial charge < -0.3 is 19.0 Å².